The maximum absolute atomic E-state index is 11.0. The van der Waals surface area contributed by atoms with Gasteiger partial charge in [-0.3, -0.25) is 4.79 Å². The standard InChI is InChI=1S/C7H13NO3S/c1-4-7(9)8-12(10,11)5-6(2)3/h4,6H,1,5H2,2-3H3,(H,8,9). The van der Waals surface area contributed by atoms with E-state index >= 15 is 0 Å². The fourth-order valence-corrected chi connectivity index (χ4v) is 2.03. The molecule has 0 spiro atoms. The molecule has 0 fully saturated rings. The third-order valence-corrected chi connectivity index (χ3v) is 2.61. The van der Waals surface area contributed by atoms with Crippen LogP contribution < -0.4 is 4.72 Å². The molecule has 1 amide bonds. The third-order valence-electron chi connectivity index (χ3n) is 0.994. The number of sulfonamides is 1. The molecule has 0 atom stereocenters. The zero-order valence-electron chi connectivity index (χ0n) is 7.20. The van der Waals surface area contributed by atoms with Gasteiger partial charge in [-0.25, -0.2) is 13.1 Å². The smallest absolute Gasteiger partial charge is 0.256 e. The highest BCUT2D eigenvalue weighted by Gasteiger charge is 2.13. The highest BCUT2D eigenvalue weighted by Crippen LogP contribution is 1.96. The first-order chi connectivity index (χ1) is 5.37. The number of hydrogen-bond donors (Lipinski definition) is 1. The second-order valence-electron chi connectivity index (χ2n) is 2.85. The molecule has 0 heterocycles. The van der Waals surface area contributed by atoms with Crippen molar-refractivity contribution < 1.29 is 13.2 Å². The minimum Gasteiger partial charge on any atom is -0.269 e. The Morgan fingerprint density at radius 1 is 1.58 bits per heavy atom. The van der Waals surface area contributed by atoms with Crippen molar-refractivity contribution in [3.63, 3.8) is 0 Å². The van der Waals surface area contributed by atoms with Crippen molar-refractivity contribution >= 4 is 15.9 Å². The Kier molecular flexibility index (Phi) is 3.95. The fraction of sp³-hybridized carbons (Fsp3) is 0.571. The molecule has 4 nitrogen and oxygen atoms in total. The molecule has 0 bridgehead atoms. The molecule has 0 aliphatic heterocycles. The Balaban J connectivity index is 4.24. The molecular formula is C7H13NO3S. The van der Waals surface area contributed by atoms with Crippen LogP contribution >= 0.6 is 0 Å². The van der Waals surface area contributed by atoms with Crippen LogP contribution in [0.4, 0.5) is 0 Å². The van der Waals surface area contributed by atoms with E-state index < -0.39 is 15.9 Å². The second kappa shape index (κ2) is 4.25. The van der Waals surface area contributed by atoms with Crippen molar-refractivity contribution in [2.45, 2.75) is 13.8 Å². The predicted octanol–water partition coefficient (Wildman–Crippen LogP) is 0.274. The number of hydrogen-bond acceptors (Lipinski definition) is 3. The minimum absolute atomic E-state index is 0.000107. The van der Waals surface area contributed by atoms with E-state index in [1.807, 2.05) is 4.72 Å². The zero-order valence-corrected chi connectivity index (χ0v) is 8.02. The van der Waals surface area contributed by atoms with Gasteiger partial charge in [0.25, 0.3) is 5.91 Å². The molecule has 0 aliphatic rings. The van der Waals surface area contributed by atoms with Gasteiger partial charge in [0.05, 0.1) is 5.75 Å². The molecule has 5 heteroatoms. The van der Waals surface area contributed by atoms with Gasteiger partial charge >= 0.3 is 0 Å². The highest BCUT2D eigenvalue weighted by atomic mass is 32.2. The van der Waals surface area contributed by atoms with Gasteiger partial charge in [-0.05, 0) is 12.0 Å². The lowest BCUT2D eigenvalue weighted by molar-refractivity contribution is -0.114. The summed E-state index contributed by atoms with van der Waals surface area (Å²) in [5.74, 6) is -0.734. The number of amides is 1. The normalized spacial score (nSPS) is 11.2. The summed E-state index contributed by atoms with van der Waals surface area (Å²) in [7, 11) is -3.46. The van der Waals surface area contributed by atoms with E-state index in [1.165, 1.54) is 0 Å². The fourth-order valence-electron chi connectivity index (χ4n) is 0.675. The van der Waals surface area contributed by atoms with Crippen molar-refractivity contribution in [2.24, 2.45) is 5.92 Å². The highest BCUT2D eigenvalue weighted by molar-refractivity contribution is 7.90. The van der Waals surface area contributed by atoms with E-state index in [-0.39, 0.29) is 11.7 Å². The number of carbonyl (C=O) groups is 1. The topological polar surface area (TPSA) is 63.2 Å². The molecule has 0 aromatic carbocycles. The predicted molar refractivity (Wildman–Crippen MR) is 47.0 cm³/mol. The number of nitrogens with one attached hydrogen (secondary N) is 1. The van der Waals surface area contributed by atoms with Crippen LogP contribution in [0, 0.1) is 5.92 Å². The molecule has 70 valence electrons. The molecule has 0 aromatic rings. The van der Waals surface area contributed by atoms with Crippen LogP contribution in [0.15, 0.2) is 12.7 Å². The summed E-state index contributed by atoms with van der Waals surface area (Å²) >= 11 is 0. The Labute approximate surface area is 72.7 Å². The van der Waals surface area contributed by atoms with Crippen LogP contribution in [0.5, 0.6) is 0 Å². The first kappa shape index (κ1) is 11.2. The minimum atomic E-state index is -3.46. The first-order valence-electron chi connectivity index (χ1n) is 3.54. The molecule has 0 unspecified atom stereocenters. The van der Waals surface area contributed by atoms with E-state index in [4.69, 9.17) is 0 Å². The maximum atomic E-state index is 11.0. The molecule has 1 N–H and O–H groups in total. The SMILES string of the molecule is C=CC(=O)NS(=O)(=O)CC(C)C. The average Bonchev–Trinajstić information content (AvgIpc) is 1.83. The van der Waals surface area contributed by atoms with Crippen LogP contribution in [-0.2, 0) is 14.8 Å². The summed E-state index contributed by atoms with van der Waals surface area (Å²) in [6, 6.07) is 0. The molecule has 0 rings (SSSR count). The van der Waals surface area contributed by atoms with Crippen molar-refractivity contribution in [1.82, 2.24) is 4.72 Å². The largest absolute Gasteiger partial charge is 0.269 e. The number of rotatable bonds is 4. The van der Waals surface area contributed by atoms with Crippen LogP contribution in [0.25, 0.3) is 0 Å². The monoisotopic (exact) mass is 191 g/mol. The summed E-state index contributed by atoms with van der Waals surface area (Å²) < 4.78 is 23.9. The Hall–Kier alpha value is -0.840. The van der Waals surface area contributed by atoms with Gasteiger partial charge in [0, 0.05) is 0 Å². The first-order valence-corrected chi connectivity index (χ1v) is 5.19. The summed E-state index contributed by atoms with van der Waals surface area (Å²) in [6.45, 7) is 6.67. The lowest BCUT2D eigenvalue weighted by atomic mass is 10.3. The van der Waals surface area contributed by atoms with E-state index in [0.717, 1.165) is 6.08 Å². The van der Waals surface area contributed by atoms with Crippen LogP contribution in [-0.4, -0.2) is 20.1 Å². The third kappa shape index (κ3) is 4.90. The molecule has 0 saturated carbocycles. The lowest BCUT2D eigenvalue weighted by Crippen LogP contribution is -2.32. The Morgan fingerprint density at radius 3 is 2.42 bits per heavy atom. The Morgan fingerprint density at radius 2 is 2.08 bits per heavy atom. The van der Waals surface area contributed by atoms with Gasteiger partial charge in [-0.1, -0.05) is 20.4 Å². The van der Waals surface area contributed by atoms with Crippen molar-refractivity contribution in [3.05, 3.63) is 12.7 Å². The van der Waals surface area contributed by atoms with Gasteiger partial charge < -0.3 is 0 Å². The zero-order chi connectivity index (χ0) is 9.78. The van der Waals surface area contributed by atoms with Crippen molar-refractivity contribution in [3.8, 4) is 0 Å². The maximum Gasteiger partial charge on any atom is 0.256 e. The lowest BCUT2D eigenvalue weighted by Gasteiger charge is -2.06. The molecular weight excluding hydrogens is 178 g/mol. The molecule has 0 aliphatic carbocycles. The van der Waals surface area contributed by atoms with Crippen molar-refractivity contribution in [2.75, 3.05) is 5.75 Å². The second-order valence-corrected chi connectivity index (χ2v) is 4.61. The summed E-state index contributed by atoms with van der Waals surface area (Å²) in [4.78, 5) is 10.6. The van der Waals surface area contributed by atoms with Gasteiger partial charge in [-0.2, -0.15) is 0 Å². The Bertz CT molecular complexity index is 266. The van der Waals surface area contributed by atoms with Crippen LogP contribution in [0.2, 0.25) is 0 Å². The molecule has 12 heavy (non-hydrogen) atoms. The van der Waals surface area contributed by atoms with E-state index in [0.29, 0.717) is 0 Å². The van der Waals surface area contributed by atoms with Crippen molar-refractivity contribution in [1.29, 1.82) is 0 Å². The van der Waals surface area contributed by atoms with E-state index in [2.05, 4.69) is 6.58 Å². The van der Waals surface area contributed by atoms with E-state index in [9.17, 15) is 13.2 Å². The van der Waals surface area contributed by atoms with E-state index in [1.54, 1.807) is 13.8 Å². The molecule has 0 saturated heterocycles. The quantitative estimate of drug-likeness (QED) is 0.649. The van der Waals surface area contributed by atoms with Gasteiger partial charge in [0.2, 0.25) is 10.0 Å². The van der Waals surface area contributed by atoms with Crippen LogP contribution in [0.1, 0.15) is 13.8 Å². The summed E-state index contributed by atoms with van der Waals surface area (Å²) in [5, 5.41) is 0. The number of carbonyl (C=O) groups excluding carboxylic acids is 1. The van der Waals surface area contributed by atoms with Gasteiger partial charge in [0.1, 0.15) is 0 Å². The summed E-state index contributed by atoms with van der Waals surface area (Å²) in [5.41, 5.74) is 0. The van der Waals surface area contributed by atoms with Gasteiger partial charge in [-0.15, -0.1) is 0 Å². The van der Waals surface area contributed by atoms with Gasteiger partial charge in [0.15, 0.2) is 0 Å². The average molecular weight is 191 g/mol. The summed E-state index contributed by atoms with van der Waals surface area (Å²) in [6.07, 6.45) is 0.928. The van der Waals surface area contributed by atoms with Crippen LogP contribution in [0.3, 0.4) is 0 Å². The molecule has 0 aromatic heterocycles. The molecule has 0 radical (unpaired) electrons.